The second-order valence-electron chi connectivity index (χ2n) is 6.00. The van der Waals surface area contributed by atoms with Crippen molar-refractivity contribution in [2.45, 2.75) is 20.1 Å². The van der Waals surface area contributed by atoms with Crippen molar-refractivity contribution in [2.24, 2.45) is 0 Å². The summed E-state index contributed by atoms with van der Waals surface area (Å²) in [7, 11) is 0. The molecule has 0 bridgehead atoms. The summed E-state index contributed by atoms with van der Waals surface area (Å²) in [5.74, 6) is -0.490. The van der Waals surface area contributed by atoms with E-state index in [1.54, 1.807) is 29.1 Å². The van der Waals surface area contributed by atoms with Gasteiger partial charge in [-0.3, -0.25) is 0 Å². The van der Waals surface area contributed by atoms with Gasteiger partial charge in [-0.1, -0.05) is 53.0 Å². The van der Waals surface area contributed by atoms with E-state index in [-0.39, 0.29) is 6.61 Å². The average Bonchev–Trinajstić information content (AvgIpc) is 2.94. The molecule has 3 rings (SSSR count). The standard InChI is InChI=1S/C20H16Cl3N3O2/c1-13-17(7-9-19(27)28-12-15-4-8-18(22)24-10-15)20(23)26(25-13)11-14-2-5-16(21)6-3-14/h2-10H,11-12H2,1H3/b9-7+. The lowest BCUT2D eigenvalue weighted by Crippen LogP contribution is -2.02. The summed E-state index contributed by atoms with van der Waals surface area (Å²) in [5, 5.41) is 5.93. The number of pyridine rings is 1. The van der Waals surface area contributed by atoms with Crippen molar-refractivity contribution in [1.82, 2.24) is 14.8 Å². The number of halogens is 3. The maximum Gasteiger partial charge on any atom is 0.331 e. The van der Waals surface area contributed by atoms with E-state index in [1.807, 2.05) is 31.2 Å². The fourth-order valence-electron chi connectivity index (χ4n) is 2.47. The third-order valence-electron chi connectivity index (χ3n) is 3.91. The topological polar surface area (TPSA) is 57.0 Å². The van der Waals surface area contributed by atoms with Crippen LogP contribution in [0.25, 0.3) is 6.08 Å². The summed E-state index contributed by atoms with van der Waals surface area (Å²) < 4.78 is 6.86. The Balaban J connectivity index is 1.64. The Labute approximate surface area is 177 Å². The first kappa shape index (κ1) is 20.4. The molecule has 0 spiro atoms. The minimum Gasteiger partial charge on any atom is -0.458 e. The molecule has 0 radical (unpaired) electrons. The zero-order chi connectivity index (χ0) is 20.1. The molecular formula is C20H16Cl3N3O2. The van der Waals surface area contributed by atoms with Gasteiger partial charge in [0.2, 0.25) is 0 Å². The van der Waals surface area contributed by atoms with Crippen molar-refractivity contribution in [3.8, 4) is 0 Å². The quantitative estimate of drug-likeness (QED) is 0.297. The molecule has 0 saturated carbocycles. The summed E-state index contributed by atoms with van der Waals surface area (Å²) in [5.41, 5.74) is 3.14. The Bertz CT molecular complexity index is 997. The Morgan fingerprint density at radius 3 is 2.50 bits per heavy atom. The lowest BCUT2D eigenvalue weighted by molar-refractivity contribution is -0.138. The van der Waals surface area contributed by atoms with Crippen LogP contribution in [-0.2, 0) is 22.7 Å². The largest absolute Gasteiger partial charge is 0.458 e. The van der Waals surface area contributed by atoms with E-state index < -0.39 is 5.97 Å². The van der Waals surface area contributed by atoms with E-state index in [1.165, 1.54) is 6.08 Å². The van der Waals surface area contributed by atoms with E-state index in [2.05, 4.69) is 10.1 Å². The lowest BCUT2D eigenvalue weighted by atomic mass is 10.2. The summed E-state index contributed by atoms with van der Waals surface area (Å²) >= 11 is 18.1. The van der Waals surface area contributed by atoms with Gasteiger partial charge >= 0.3 is 5.97 Å². The van der Waals surface area contributed by atoms with Crippen LogP contribution in [0.15, 0.2) is 48.7 Å². The van der Waals surface area contributed by atoms with Gasteiger partial charge in [-0.05, 0) is 36.8 Å². The number of esters is 1. The number of aryl methyl sites for hydroxylation is 1. The molecule has 0 aliphatic heterocycles. The average molecular weight is 437 g/mol. The Hall–Kier alpha value is -2.34. The van der Waals surface area contributed by atoms with Crippen molar-refractivity contribution in [1.29, 1.82) is 0 Å². The van der Waals surface area contributed by atoms with Crippen LogP contribution in [0.5, 0.6) is 0 Å². The van der Waals surface area contributed by atoms with Crippen molar-refractivity contribution in [3.05, 3.63) is 86.4 Å². The minimum atomic E-state index is -0.490. The summed E-state index contributed by atoms with van der Waals surface area (Å²) in [6, 6.07) is 10.8. The van der Waals surface area contributed by atoms with Crippen molar-refractivity contribution in [3.63, 3.8) is 0 Å². The molecule has 0 unspecified atom stereocenters. The Morgan fingerprint density at radius 2 is 1.82 bits per heavy atom. The van der Waals surface area contributed by atoms with Crippen LogP contribution >= 0.6 is 34.8 Å². The van der Waals surface area contributed by atoms with Crippen molar-refractivity contribution in [2.75, 3.05) is 0 Å². The Morgan fingerprint density at radius 1 is 1.11 bits per heavy atom. The second-order valence-corrected chi connectivity index (χ2v) is 7.19. The number of aromatic nitrogens is 3. The van der Waals surface area contributed by atoms with Crippen LogP contribution < -0.4 is 0 Å². The fourth-order valence-corrected chi connectivity index (χ4v) is 3.00. The van der Waals surface area contributed by atoms with Gasteiger partial charge in [-0.15, -0.1) is 0 Å². The second kappa shape index (κ2) is 9.24. The molecule has 0 amide bonds. The molecule has 0 atom stereocenters. The van der Waals surface area contributed by atoms with Crippen LogP contribution in [0.3, 0.4) is 0 Å². The summed E-state index contributed by atoms with van der Waals surface area (Å²) in [6.45, 7) is 2.43. The fraction of sp³-hybridized carbons (Fsp3) is 0.150. The van der Waals surface area contributed by atoms with Gasteiger partial charge in [0.15, 0.2) is 0 Å². The van der Waals surface area contributed by atoms with Gasteiger partial charge in [-0.25, -0.2) is 14.5 Å². The molecule has 2 heterocycles. The molecule has 0 aliphatic rings. The number of carbonyl (C=O) groups excluding carboxylic acids is 1. The maximum atomic E-state index is 12.0. The van der Waals surface area contributed by atoms with E-state index in [4.69, 9.17) is 39.5 Å². The summed E-state index contributed by atoms with van der Waals surface area (Å²) in [6.07, 6.45) is 4.48. The highest BCUT2D eigenvalue weighted by Crippen LogP contribution is 2.23. The number of carbonyl (C=O) groups is 1. The Kier molecular flexibility index (Phi) is 6.73. The lowest BCUT2D eigenvalue weighted by Gasteiger charge is -2.04. The molecule has 0 saturated heterocycles. The molecule has 0 fully saturated rings. The molecule has 1 aromatic carbocycles. The van der Waals surface area contributed by atoms with Gasteiger partial charge < -0.3 is 4.74 Å². The monoisotopic (exact) mass is 435 g/mol. The molecule has 144 valence electrons. The van der Waals surface area contributed by atoms with E-state index >= 15 is 0 Å². The van der Waals surface area contributed by atoms with Gasteiger partial charge in [0.25, 0.3) is 0 Å². The van der Waals surface area contributed by atoms with Gasteiger partial charge in [0.05, 0.1) is 12.2 Å². The molecular weight excluding hydrogens is 421 g/mol. The van der Waals surface area contributed by atoms with E-state index in [0.717, 1.165) is 11.1 Å². The number of ether oxygens (including phenoxy) is 1. The molecule has 3 aromatic rings. The number of rotatable bonds is 6. The van der Waals surface area contributed by atoms with E-state index in [0.29, 0.717) is 33.1 Å². The molecule has 0 N–H and O–H groups in total. The summed E-state index contributed by atoms with van der Waals surface area (Å²) in [4.78, 5) is 15.9. The van der Waals surface area contributed by atoms with Crippen LogP contribution in [0.4, 0.5) is 0 Å². The third kappa shape index (κ3) is 5.35. The van der Waals surface area contributed by atoms with Gasteiger partial charge in [-0.2, -0.15) is 5.10 Å². The number of hydrogen-bond acceptors (Lipinski definition) is 4. The molecule has 5 nitrogen and oxygen atoms in total. The minimum absolute atomic E-state index is 0.107. The van der Waals surface area contributed by atoms with Crippen LogP contribution in [0.1, 0.15) is 22.4 Å². The van der Waals surface area contributed by atoms with E-state index in [9.17, 15) is 4.79 Å². The number of nitrogens with zero attached hydrogens (tertiary/aromatic N) is 3. The van der Waals surface area contributed by atoms with Crippen LogP contribution in [-0.4, -0.2) is 20.7 Å². The highest BCUT2D eigenvalue weighted by atomic mass is 35.5. The molecule has 28 heavy (non-hydrogen) atoms. The van der Waals surface area contributed by atoms with Crippen LogP contribution in [0.2, 0.25) is 15.3 Å². The van der Waals surface area contributed by atoms with Crippen molar-refractivity contribution < 1.29 is 9.53 Å². The first-order chi connectivity index (χ1) is 13.4. The zero-order valence-electron chi connectivity index (χ0n) is 14.9. The SMILES string of the molecule is Cc1nn(Cc2ccc(Cl)cc2)c(Cl)c1/C=C/C(=O)OCc1ccc(Cl)nc1. The number of benzene rings is 1. The third-order valence-corrected chi connectivity index (χ3v) is 4.79. The maximum absolute atomic E-state index is 12.0. The first-order valence-corrected chi connectivity index (χ1v) is 9.48. The number of hydrogen-bond donors (Lipinski definition) is 0. The van der Waals surface area contributed by atoms with Crippen molar-refractivity contribution >= 4 is 46.8 Å². The van der Waals surface area contributed by atoms with Crippen LogP contribution in [0, 0.1) is 6.92 Å². The highest BCUT2D eigenvalue weighted by molar-refractivity contribution is 6.31. The predicted molar refractivity (Wildman–Crippen MR) is 111 cm³/mol. The molecule has 8 heteroatoms. The van der Waals surface area contributed by atoms with Gasteiger partial charge in [0, 0.05) is 28.4 Å². The van der Waals surface area contributed by atoms with Gasteiger partial charge in [0.1, 0.15) is 16.9 Å². The zero-order valence-corrected chi connectivity index (χ0v) is 17.2. The highest BCUT2D eigenvalue weighted by Gasteiger charge is 2.12. The smallest absolute Gasteiger partial charge is 0.331 e. The molecule has 0 aliphatic carbocycles. The molecule has 2 aromatic heterocycles. The normalized spacial score (nSPS) is 11.1. The predicted octanol–water partition coefficient (Wildman–Crippen LogP) is 5.35. The first-order valence-electron chi connectivity index (χ1n) is 8.35.